The van der Waals surface area contributed by atoms with Crippen molar-refractivity contribution in [3.63, 3.8) is 0 Å². The minimum atomic E-state index is -0.539. The molecule has 19 heavy (non-hydrogen) atoms. The second-order valence-corrected chi connectivity index (χ2v) is 5.39. The molecule has 0 aromatic heterocycles. The summed E-state index contributed by atoms with van der Waals surface area (Å²) in [7, 11) is 0. The molecule has 0 spiro atoms. The first-order chi connectivity index (χ1) is 8.72. The highest BCUT2D eigenvalue weighted by Crippen LogP contribution is 2.22. The molecule has 0 aliphatic carbocycles. The van der Waals surface area contributed by atoms with Crippen LogP contribution in [0.3, 0.4) is 0 Å². The van der Waals surface area contributed by atoms with Gasteiger partial charge in [0.1, 0.15) is 6.61 Å². The maximum atomic E-state index is 11.8. The first kappa shape index (κ1) is 15.4. The van der Waals surface area contributed by atoms with E-state index in [1.54, 1.807) is 27.7 Å². The minimum absolute atomic E-state index is 0.0420. The number of hydrogen-bond donors (Lipinski definition) is 0. The SMILES string of the molecule is CCC(C)(C)C(=O)OCCN1C(=O)C(C)=C(C)C1=O. The van der Waals surface area contributed by atoms with Gasteiger partial charge in [0.2, 0.25) is 0 Å². The van der Waals surface area contributed by atoms with E-state index < -0.39 is 5.41 Å². The number of imide groups is 1. The summed E-state index contributed by atoms with van der Waals surface area (Å²) in [6.45, 7) is 8.92. The van der Waals surface area contributed by atoms with Crippen LogP contribution in [0.5, 0.6) is 0 Å². The lowest BCUT2D eigenvalue weighted by molar-refractivity contribution is -0.156. The van der Waals surface area contributed by atoms with E-state index in [4.69, 9.17) is 4.74 Å². The molecule has 1 rings (SSSR count). The Balaban J connectivity index is 2.51. The summed E-state index contributed by atoms with van der Waals surface area (Å²) in [5.74, 6) is -0.905. The number of hydrogen-bond acceptors (Lipinski definition) is 4. The maximum Gasteiger partial charge on any atom is 0.311 e. The first-order valence-corrected chi connectivity index (χ1v) is 6.43. The summed E-state index contributed by atoms with van der Waals surface area (Å²) in [6.07, 6.45) is 0.674. The van der Waals surface area contributed by atoms with Crippen LogP contribution in [0.25, 0.3) is 0 Å². The third-order valence-electron chi connectivity index (χ3n) is 3.68. The monoisotopic (exact) mass is 267 g/mol. The van der Waals surface area contributed by atoms with Crippen LogP contribution < -0.4 is 0 Å². The molecule has 0 aromatic rings. The first-order valence-electron chi connectivity index (χ1n) is 6.43. The Morgan fingerprint density at radius 3 is 2.05 bits per heavy atom. The van der Waals surface area contributed by atoms with Crippen LogP contribution >= 0.6 is 0 Å². The highest BCUT2D eigenvalue weighted by Gasteiger charge is 2.33. The van der Waals surface area contributed by atoms with Gasteiger partial charge in [-0.2, -0.15) is 0 Å². The summed E-state index contributed by atoms with van der Waals surface area (Å²) in [6, 6.07) is 0. The average molecular weight is 267 g/mol. The van der Waals surface area contributed by atoms with E-state index in [0.717, 1.165) is 4.90 Å². The number of amides is 2. The lowest BCUT2D eigenvalue weighted by Crippen LogP contribution is -2.36. The van der Waals surface area contributed by atoms with Crippen LogP contribution in [0.2, 0.25) is 0 Å². The Hall–Kier alpha value is -1.65. The molecule has 0 unspecified atom stereocenters. The topological polar surface area (TPSA) is 63.7 Å². The number of ether oxygens (including phenoxy) is 1. The van der Waals surface area contributed by atoms with Crippen molar-refractivity contribution < 1.29 is 19.1 Å². The normalized spacial score (nSPS) is 16.4. The van der Waals surface area contributed by atoms with Crippen molar-refractivity contribution in [3.8, 4) is 0 Å². The van der Waals surface area contributed by atoms with Crippen LogP contribution in [0.1, 0.15) is 41.0 Å². The number of carbonyl (C=O) groups excluding carboxylic acids is 3. The van der Waals surface area contributed by atoms with E-state index in [1.807, 2.05) is 6.92 Å². The van der Waals surface area contributed by atoms with Gasteiger partial charge in [-0.3, -0.25) is 19.3 Å². The fourth-order valence-corrected chi connectivity index (χ4v) is 1.59. The van der Waals surface area contributed by atoms with Gasteiger partial charge in [-0.05, 0) is 34.1 Å². The average Bonchev–Trinajstić information content (AvgIpc) is 2.55. The van der Waals surface area contributed by atoms with Gasteiger partial charge in [-0.25, -0.2) is 0 Å². The van der Waals surface area contributed by atoms with E-state index in [0.29, 0.717) is 17.6 Å². The Kier molecular flexibility index (Phi) is 4.50. The van der Waals surface area contributed by atoms with E-state index in [-0.39, 0.29) is 30.9 Å². The third-order valence-corrected chi connectivity index (χ3v) is 3.68. The highest BCUT2D eigenvalue weighted by molar-refractivity contribution is 6.18. The molecule has 5 nitrogen and oxygen atoms in total. The fourth-order valence-electron chi connectivity index (χ4n) is 1.59. The van der Waals surface area contributed by atoms with Gasteiger partial charge >= 0.3 is 5.97 Å². The van der Waals surface area contributed by atoms with Crippen molar-refractivity contribution in [1.29, 1.82) is 0 Å². The van der Waals surface area contributed by atoms with E-state index in [2.05, 4.69) is 0 Å². The Morgan fingerprint density at radius 2 is 1.63 bits per heavy atom. The molecule has 0 saturated carbocycles. The Morgan fingerprint density at radius 1 is 1.16 bits per heavy atom. The lowest BCUT2D eigenvalue weighted by atomic mass is 9.91. The van der Waals surface area contributed by atoms with Crippen LogP contribution in [-0.4, -0.2) is 35.8 Å². The smallest absolute Gasteiger partial charge is 0.311 e. The number of esters is 1. The lowest BCUT2D eigenvalue weighted by Gasteiger charge is -2.21. The largest absolute Gasteiger partial charge is 0.463 e. The molecule has 5 heteroatoms. The molecule has 0 bridgehead atoms. The zero-order valence-corrected chi connectivity index (χ0v) is 12.2. The molecule has 0 aromatic carbocycles. The van der Waals surface area contributed by atoms with E-state index in [9.17, 15) is 14.4 Å². The molecule has 0 N–H and O–H groups in total. The predicted molar refractivity (Wildman–Crippen MR) is 70.1 cm³/mol. The summed E-state index contributed by atoms with van der Waals surface area (Å²) in [4.78, 5) is 36.4. The molecule has 0 radical (unpaired) electrons. The highest BCUT2D eigenvalue weighted by atomic mass is 16.5. The number of nitrogens with zero attached hydrogens (tertiary/aromatic N) is 1. The number of carbonyl (C=O) groups is 3. The van der Waals surface area contributed by atoms with E-state index >= 15 is 0 Å². The fraction of sp³-hybridized carbons (Fsp3) is 0.643. The van der Waals surface area contributed by atoms with Gasteiger partial charge in [0.15, 0.2) is 0 Å². The minimum Gasteiger partial charge on any atom is -0.463 e. The predicted octanol–water partition coefficient (Wildman–Crippen LogP) is 1.67. The molecular weight excluding hydrogens is 246 g/mol. The van der Waals surface area contributed by atoms with Crippen LogP contribution in [0, 0.1) is 5.41 Å². The van der Waals surface area contributed by atoms with Crippen molar-refractivity contribution in [3.05, 3.63) is 11.1 Å². The van der Waals surface area contributed by atoms with Crippen LogP contribution in [0.4, 0.5) is 0 Å². The molecule has 0 atom stereocenters. The maximum absolute atomic E-state index is 11.8. The summed E-state index contributed by atoms with van der Waals surface area (Å²) < 4.78 is 5.12. The van der Waals surface area contributed by atoms with Crippen LogP contribution in [-0.2, 0) is 19.1 Å². The summed E-state index contributed by atoms with van der Waals surface area (Å²) in [5.41, 5.74) is 0.388. The standard InChI is InChI=1S/C14H21NO4/c1-6-14(4,5)13(18)19-8-7-15-11(16)9(2)10(3)12(15)17/h6-8H2,1-5H3. The molecular formula is C14H21NO4. The summed E-state index contributed by atoms with van der Waals surface area (Å²) in [5, 5.41) is 0. The van der Waals surface area contributed by atoms with Crippen molar-refractivity contribution in [1.82, 2.24) is 4.90 Å². The molecule has 1 heterocycles. The molecule has 1 aliphatic heterocycles. The second kappa shape index (κ2) is 5.55. The third kappa shape index (κ3) is 3.03. The molecule has 0 saturated heterocycles. The van der Waals surface area contributed by atoms with Gasteiger partial charge in [0, 0.05) is 11.1 Å². The van der Waals surface area contributed by atoms with Gasteiger partial charge < -0.3 is 4.74 Å². The number of rotatable bonds is 5. The van der Waals surface area contributed by atoms with Gasteiger partial charge in [0.05, 0.1) is 12.0 Å². The van der Waals surface area contributed by atoms with E-state index in [1.165, 1.54) is 0 Å². The Labute approximate surface area is 113 Å². The Bertz CT molecular complexity index is 424. The second-order valence-electron chi connectivity index (χ2n) is 5.39. The summed E-state index contributed by atoms with van der Waals surface area (Å²) >= 11 is 0. The molecule has 106 valence electrons. The van der Waals surface area contributed by atoms with Gasteiger partial charge in [0.25, 0.3) is 11.8 Å². The van der Waals surface area contributed by atoms with Crippen molar-refractivity contribution in [2.24, 2.45) is 5.41 Å². The van der Waals surface area contributed by atoms with Gasteiger partial charge in [-0.15, -0.1) is 0 Å². The van der Waals surface area contributed by atoms with Gasteiger partial charge in [-0.1, -0.05) is 6.92 Å². The van der Waals surface area contributed by atoms with Crippen molar-refractivity contribution in [2.75, 3.05) is 13.2 Å². The van der Waals surface area contributed by atoms with Crippen LogP contribution in [0.15, 0.2) is 11.1 Å². The zero-order valence-electron chi connectivity index (χ0n) is 12.2. The quantitative estimate of drug-likeness (QED) is 0.561. The van der Waals surface area contributed by atoms with Crippen molar-refractivity contribution in [2.45, 2.75) is 41.0 Å². The van der Waals surface area contributed by atoms with Crippen molar-refractivity contribution >= 4 is 17.8 Å². The molecule has 1 aliphatic rings. The zero-order chi connectivity index (χ0) is 14.8. The molecule has 0 fully saturated rings. The molecule has 2 amide bonds.